The largest absolute Gasteiger partial charge is 0.376 e. The second kappa shape index (κ2) is 11.1. The van der Waals surface area contributed by atoms with Crippen molar-refractivity contribution in [3.05, 3.63) is 53.6 Å². The first kappa shape index (κ1) is 21.5. The number of carbonyl (C=O) groups is 2. The number of unbranched alkanes of at least 4 members (excludes halogenated alkanes) is 2. The van der Waals surface area contributed by atoms with E-state index in [1.807, 2.05) is 37.3 Å². The van der Waals surface area contributed by atoms with Crippen LogP contribution in [0.15, 0.2) is 42.5 Å². The van der Waals surface area contributed by atoms with Crippen molar-refractivity contribution in [1.29, 1.82) is 0 Å². The lowest BCUT2D eigenvalue weighted by Gasteiger charge is -2.14. The lowest BCUT2D eigenvalue weighted by Crippen LogP contribution is -2.22. The molecule has 5 nitrogen and oxygen atoms in total. The molecule has 0 spiro atoms. The Kier molecular flexibility index (Phi) is 8.53. The van der Waals surface area contributed by atoms with Gasteiger partial charge in [-0.2, -0.15) is 0 Å². The summed E-state index contributed by atoms with van der Waals surface area (Å²) in [6.07, 6.45) is 4.46. The van der Waals surface area contributed by atoms with Gasteiger partial charge in [-0.3, -0.25) is 9.59 Å². The topological polar surface area (TPSA) is 70.2 Å². The molecule has 0 unspecified atom stereocenters. The third-order valence-electron chi connectivity index (χ3n) is 4.60. The molecule has 5 heteroatoms. The van der Waals surface area contributed by atoms with Gasteiger partial charge >= 0.3 is 0 Å². The number of benzene rings is 2. The molecular weight excluding hydrogens is 350 g/mol. The van der Waals surface area contributed by atoms with E-state index in [4.69, 9.17) is 0 Å². The first-order valence-electron chi connectivity index (χ1n) is 10.1. The van der Waals surface area contributed by atoms with Gasteiger partial charge in [-0.1, -0.05) is 51.0 Å². The van der Waals surface area contributed by atoms with Crippen LogP contribution in [0.3, 0.4) is 0 Å². The van der Waals surface area contributed by atoms with Crippen molar-refractivity contribution in [2.45, 2.75) is 52.9 Å². The van der Waals surface area contributed by atoms with Gasteiger partial charge in [0.25, 0.3) is 0 Å². The van der Waals surface area contributed by atoms with E-state index < -0.39 is 0 Å². The molecule has 28 heavy (non-hydrogen) atoms. The van der Waals surface area contributed by atoms with Crippen LogP contribution in [0, 0.1) is 6.92 Å². The van der Waals surface area contributed by atoms with Gasteiger partial charge in [-0.05, 0) is 49.1 Å². The van der Waals surface area contributed by atoms with E-state index in [0.717, 1.165) is 36.9 Å². The van der Waals surface area contributed by atoms with Gasteiger partial charge in [-0.25, -0.2) is 0 Å². The predicted molar refractivity (Wildman–Crippen MR) is 117 cm³/mol. The molecule has 0 heterocycles. The zero-order valence-electron chi connectivity index (χ0n) is 17.1. The minimum atomic E-state index is -0.128. The molecule has 0 atom stereocenters. The minimum absolute atomic E-state index is 0.00485. The molecule has 0 aromatic heterocycles. The minimum Gasteiger partial charge on any atom is -0.376 e. The molecule has 0 aliphatic carbocycles. The third kappa shape index (κ3) is 6.72. The van der Waals surface area contributed by atoms with Crippen molar-refractivity contribution in [1.82, 2.24) is 0 Å². The zero-order valence-corrected chi connectivity index (χ0v) is 17.1. The summed E-state index contributed by atoms with van der Waals surface area (Å²) in [5.41, 5.74) is 4.70. The molecule has 2 aromatic carbocycles. The number of nitrogens with one attached hydrogen (secondary N) is 3. The Morgan fingerprint density at radius 3 is 2.25 bits per heavy atom. The average Bonchev–Trinajstić information content (AvgIpc) is 2.67. The van der Waals surface area contributed by atoms with Crippen molar-refractivity contribution >= 4 is 28.9 Å². The first-order valence-corrected chi connectivity index (χ1v) is 10.1. The van der Waals surface area contributed by atoms with Gasteiger partial charge in [0.1, 0.15) is 0 Å². The number of anilines is 3. The highest BCUT2D eigenvalue weighted by Gasteiger charge is 2.08. The van der Waals surface area contributed by atoms with E-state index in [1.54, 1.807) is 6.07 Å². The standard InChI is InChI=1S/C23H31N3O2/c1-4-6-7-14-21(27)25-19-12-9-13-20(15-19)26-22(28)16-24-23-17(3)10-8-11-18(23)5-2/h8-13,15,24H,4-7,14,16H2,1-3H3,(H,25,27)(H,26,28). The quantitative estimate of drug-likeness (QED) is 0.500. The SMILES string of the molecule is CCCCCC(=O)Nc1cccc(NC(=O)CNc2c(C)cccc2CC)c1. The van der Waals surface area contributed by atoms with E-state index in [9.17, 15) is 9.59 Å². The van der Waals surface area contributed by atoms with Crippen molar-refractivity contribution in [3.63, 3.8) is 0 Å². The second-order valence-electron chi connectivity index (χ2n) is 6.95. The number of amides is 2. The fraction of sp³-hybridized carbons (Fsp3) is 0.391. The summed E-state index contributed by atoms with van der Waals surface area (Å²) in [4.78, 5) is 24.3. The monoisotopic (exact) mass is 381 g/mol. The van der Waals surface area contributed by atoms with Crippen LogP contribution in [-0.4, -0.2) is 18.4 Å². The maximum absolute atomic E-state index is 12.3. The zero-order chi connectivity index (χ0) is 20.4. The van der Waals surface area contributed by atoms with Gasteiger partial charge in [0.2, 0.25) is 11.8 Å². The fourth-order valence-electron chi connectivity index (χ4n) is 3.08. The van der Waals surface area contributed by atoms with Crippen LogP contribution >= 0.6 is 0 Å². The molecule has 0 fully saturated rings. The molecule has 150 valence electrons. The normalized spacial score (nSPS) is 10.4. The Morgan fingerprint density at radius 1 is 0.893 bits per heavy atom. The van der Waals surface area contributed by atoms with Gasteiger partial charge in [-0.15, -0.1) is 0 Å². The summed E-state index contributed by atoms with van der Waals surface area (Å²) < 4.78 is 0. The van der Waals surface area contributed by atoms with Crippen LogP contribution < -0.4 is 16.0 Å². The maximum atomic E-state index is 12.3. The highest BCUT2D eigenvalue weighted by Crippen LogP contribution is 2.21. The Hall–Kier alpha value is -2.82. The third-order valence-corrected chi connectivity index (χ3v) is 4.60. The van der Waals surface area contributed by atoms with Crippen molar-refractivity contribution in [2.24, 2.45) is 0 Å². The van der Waals surface area contributed by atoms with E-state index in [1.165, 1.54) is 5.56 Å². The van der Waals surface area contributed by atoms with Crippen LogP contribution in [0.1, 0.15) is 50.7 Å². The number of para-hydroxylation sites is 1. The molecule has 2 amide bonds. The molecule has 3 N–H and O–H groups in total. The van der Waals surface area contributed by atoms with Crippen molar-refractivity contribution < 1.29 is 9.59 Å². The average molecular weight is 382 g/mol. The second-order valence-corrected chi connectivity index (χ2v) is 6.95. The summed E-state index contributed by atoms with van der Waals surface area (Å²) in [6.45, 7) is 6.43. The van der Waals surface area contributed by atoms with Gasteiger partial charge < -0.3 is 16.0 Å². The predicted octanol–water partition coefficient (Wildman–Crippen LogP) is 5.13. The summed E-state index contributed by atoms with van der Waals surface area (Å²) in [5, 5.41) is 9.02. The maximum Gasteiger partial charge on any atom is 0.243 e. The van der Waals surface area contributed by atoms with Crippen LogP contribution in [0.4, 0.5) is 17.1 Å². The summed E-state index contributed by atoms with van der Waals surface area (Å²) >= 11 is 0. The van der Waals surface area contributed by atoms with Crippen LogP contribution in [0.5, 0.6) is 0 Å². The molecule has 0 aliphatic heterocycles. The summed E-state index contributed by atoms with van der Waals surface area (Å²) in [7, 11) is 0. The number of carbonyl (C=O) groups excluding carboxylic acids is 2. The van der Waals surface area contributed by atoms with Crippen LogP contribution in [0.25, 0.3) is 0 Å². The van der Waals surface area contributed by atoms with E-state index in [0.29, 0.717) is 17.8 Å². The molecular formula is C23H31N3O2. The number of aryl methyl sites for hydroxylation is 2. The lowest BCUT2D eigenvalue weighted by atomic mass is 10.1. The Morgan fingerprint density at radius 2 is 1.57 bits per heavy atom. The van der Waals surface area contributed by atoms with Crippen molar-refractivity contribution in [2.75, 3.05) is 22.5 Å². The van der Waals surface area contributed by atoms with E-state index >= 15 is 0 Å². The molecule has 0 saturated carbocycles. The molecule has 0 aliphatic rings. The number of hydrogen-bond donors (Lipinski definition) is 3. The highest BCUT2D eigenvalue weighted by atomic mass is 16.2. The van der Waals surface area contributed by atoms with E-state index in [-0.39, 0.29) is 18.4 Å². The number of rotatable bonds is 10. The molecule has 2 aromatic rings. The van der Waals surface area contributed by atoms with Gasteiger partial charge in [0.05, 0.1) is 6.54 Å². The molecule has 2 rings (SSSR count). The van der Waals surface area contributed by atoms with Gasteiger partial charge in [0.15, 0.2) is 0 Å². The summed E-state index contributed by atoms with van der Waals surface area (Å²) in [6, 6.07) is 13.4. The van der Waals surface area contributed by atoms with Crippen LogP contribution in [0.2, 0.25) is 0 Å². The highest BCUT2D eigenvalue weighted by molar-refractivity contribution is 5.95. The Labute approximate surface area is 167 Å². The summed E-state index contributed by atoms with van der Waals surface area (Å²) in [5.74, 6) is -0.123. The van der Waals surface area contributed by atoms with E-state index in [2.05, 4.69) is 35.9 Å². The first-order chi connectivity index (χ1) is 13.5. The lowest BCUT2D eigenvalue weighted by molar-refractivity contribution is -0.116. The molecule has 0 bridgehead atoms. The fourth-order valence-corrected chi connectivity index (χ4v) is 3.08. The Balaban J connectivity index is 1.90. The number of hydrogen-bond acceptors (Lipinski definition) is 3. The van der Waals surface area contributed by atoms with Crippen molar-refractivity contribution in [3.8, 4) is 0 Å². The molecule has 0 radical (unpaired) electrons. The van der Waals surface area contributed by atoms with Crippen LogP contribution in [-0.2, 0) is 16.0 Å². The molecule has 0 saturated heterocycles. The van der Waals surface area contributed by atoms with Gasteiger partial charge in [0, 0.05) is 23.5 Å². The Bertz CT molecular complexity index is 802. The smallest absolute Gasteiger partial charge is 0.243 e.